The molecular formula is C21H28N2O2. The Balaban J connectivity index is 1.74. The van der Waals surface area contributed by atoms with Gasteiger partial charge in [-0.25, -0.2) is 0 Å². The van der Waals surface area contributed by atoms with Crippen molar-refractivity contribution in [3.63, 3.8) is 0 Å². The number of rotatable bonds is 5. The second-order valence-corrected chi connectivity index (χ2v) is 7.23. The zero-order valence-electron chi connectivity index (χ0n) is 15.7. The summed E-state index contributed by atoms with van der Waals surface area (Å²) in [5, 5.41) is 0. The summed E-state index contributed by atoms with van der Waals surface area (Å²) in [5.41, 5.74) is 4.29. The zero-order chi connectivity index (χ0) is 18.0. The van der Waals surface area contributed by atoms with Gasteiger partial charge in [-0.2, -0.15) is 0 Å². The molecule has 0 bridgehead atoms. The van der Waals surface area contributed by atoms with Gasteiger partial charge in [-0.15, -0.1) is 0 Å². The number of aryl methyl sites for hydroxylation is 1. The van der Waals surface area contributed by atoms with Crippen LogP contribution in [0.2, 0.25) is 0 Å². The van der Waals surface area contributed by atoms with Gasteiger partial charge >= 0.3 is 0 Å². The van der Waals surface area contributed by atoms with Crippen LogP contribution in [0, 0.1) is 13.8 Å². The van der Waals surface area contributed by atoms with E-state index in [1.165, 1.54) is 5.56 Å². The zero-order valence-corrected chi connectivity index (χ0v) is 15.7. The number of carbonyl (C=O) groups is 1. The molecule has 1 aromatic heterocycles. The van der Waals surface area contributed by atoms with E-state index in [1.807, 2.05) is 19.1 Å². The number of hydrogen-bond donors (Lipinski definition) is 0. The predicted molar refractivity (Wildman–Crippen MR) is 100 cm³/mol. The average Bonchev–Trinajstić information content (AvgIpc) is 2.83. The highest BCUT2D eigenvalue weighted by Crippen LogP contribution is 2.19. The largest absolute Gasteiger partial charge is 0.373 e. The Morgan fingerprint density at radius 1 is 1.12 bits per heavy atom. The fourth-order valence-electron chi connectivity index (χ4n) is 3.79. The molecule has 4 heteroatoms. The van der Waals surface area contributed by atoms with Crippen LogP contribution in [0.5, 0.6) is 0 Å². The molecule has 0 unspecified atom stereocenters. The van der Waals surface area contributed by atoms with Crippen LogP contribution < -0.4 is 0 Å². The van der Waals surface area contributed by atoms with Crippen LogP contribution in [0.15, 0.2) is 36.4 Å². The molecule has 134 valence electrons. The maximum atomic E-state index is 12.9. The maximum Gasteiger partial charge on any atom is 0.178 e. The molecule has 0 N–H and O–H groups in total. The average molecular weight is 340 g/mol. The summed E-state index contributed by atoms with van der Waals surface area (Å²) >= 11 is 0. The van der Waals surface area contributed by atoms with Crippen molar-refractivity contribution < 1.29 is 9.53 Å². The lowest BCUT2D eigenvalue weighted by Gasteiger charge is -2.34. The maximum absolute atomic E-state index is 12.9. The fourth-order valence-corrected chi connectivity index (χ4v) is 3.79. The first kappa shape index (κ1) is 17.9. The number of ether oxygens (including phenoxy) is 1. The molecule has 1 aliphatic rings. The van der Waals surface area contributed by atoms with Crippen molar-refractivity contribution in [2.45, 2.75) is 46.4 Å². The number of hydrogen-bond acceptors (Lipinski definition) is 3. The van der Waals surface area contributed by atoms with Gasteiger partial charge in [0, 0.05) is 36.6 Å². The summed E-state index contributed by atoms with van der Waals surface area (Å²) in [7, 11) is 0. The third-order valence-electron chi connectivity index (χ3n) is 4.92. The molecule has 0 spiro atoms. The Hall–Kier alpha value is -1.91. The third kappa shape index (κ3) is 4.20. The third-order valence-corrected chi connectivity index (χ3v) is 4.92. The van der Waals surface area contributed by atoms with Crippen molar-refractivity contribution in [2.24, 2.45) is 0 Å². The summed E-state index contributed by atoms with van der Waals surface area (Å²) < 4.78 is 7.99. The quantitative estimate of drug-likeness (QED) is 0.782. The molecule has 0 saturated carbocycles. The van der Waals surface area contributed by atoms with Crippen LogP contribution in [0.3, 0.4) is 0 Å². The first-order valence-electron chi connectivity index (χ1n) is 9.05. The number of benzene rings is 1. The van der Waals surface area contributed by atoms with Crippen molar-refractivity contribution in [3.8, 4) is 0 Å². The Labute approximate surface area is 150 Å². The van der Waals surface area contributed by atoms with E-state index in [9.17, 15) is 4.79 Å². The van der Waals surface area contributed by atoms with Crippen molar-refractivity contribution in [3.05, 3.63) is 58.9 Å². The number of aromatic nitrogens is 1. The van der Waals surface area contributed by atoms with E-state index in [0.29, 0.717) is 6.54 Å². The Morgan fingerprint density at radius 3 is 2.40 bits per heavy atom. The molecule has 1 fully saturated rings. The lowest BCUT2D eigenvalue weighted by Crippen LogP contribution is -2.47. The molecule has 0 amide bonds. The van der Waals surface area contributed by atoms with Crippen LogP contribution in [-0.2, 0) is 11.3 Å². The smallest absolute Gasteiger partial charge is 0.178 e. The molecule has 0 aliphatic carbocycles. The molecule has 2 heterocycles. The molecule has 2 aromatic rings. The van der Waals surface area contributed by atoms with E-state index in [1.54, 1.807) is 0 Å². The van der Waals surface area contributed by atoms with Crippen LogP contribution >= 0.6 is 0 Å². The summed E-state index contributed by atoms with van der Waals surface area (Å²) in [4.78, 5) is 15.1. The standard InChI is InChI=1S/C21H28N2O2/c1-15-10-20(18(4)23(15)13-19-8-6-5-7-9-19)21(24)14-22-11-16(2)25-17(3)12-22/h5-10,16-17H,11-14H2,1-4H3/t16-,17-/m1/s1. The highest BCUT2D eigenvalue weighted by atomic mass is 16.5. The van der Waals surface area contributed by atoms with Gasteiger partial charge in [-0.1, -0.05) is 30.3 Å². The van der Waals surface area contributed by atoms with Gasteiger partial charge in [0.2, 0.25) is 0 Å². The van der Waals surface area contributed by atoms with Gasteiger partial charge in [0.05, 0.1) is 18.8 Å². The second kappa shape index (κ2) is 7.54. The molecule has 1 aliphatic heterocycles. The van der Waals surface area contributed by atoms with Gasteiger partial charge in [-0.05, 0) is 39.3 Å². The highest BCUT2D eigenvalue weighted by Gasteiger charge is 2.25. The van der Waals surface area contributed by atoms with Crippen LogP contribution in [0.1, 0.15) is 41.2 Å². The minimum absolute atomic E-state index is 0.182. The van der Waals surface area contributed by atoms with Crippen LogP contribution in [-0.4, -0.2) is 47.1 Å². The number of carbonyl (C=O) groups excluding carboxylic acids is 1. The number of ketones is 1. The monoisotopic (exact) mass is 340 g/mol. The topological polar surface area (TPSA) is 34.5 Å². The molecule has 2 atom stereocenters. The van der Waals surface area contributed by atoms with Gasteiger partial charge < -0.3 is 9.30 Å². The molecule has 1 aromatic carbocycles. The van der Waals surface area contributed by atoms with Gasteiger partial charge in [0.1, 0.15) is 0 Å². The number of Topliss-reactive ketones (excluding diaryl/α,β-unsaturated/α-hetero) is 1. The highest BCUT2D eigenvalue weighted by molar-refractivity contribution is 5.99. The predicted octanol–water partition coefficient (Wildman–Crippen LogP) is 3.45. The minimum Gasteiger partial charge on any atom is -0.373 e. The Morgan fingerprint density at radius 2 is 1.76 bits per heavy atom. The number of morpholine rings is 1. The van der Waals surface area contributed by atoms with Gasteiger partial charge in [0.25, 0.3) is 0 Å². The van der Waals surface area contributed by atoms with Crippen molar-refractivity contribution in [2.75, 3.05) is 19.6 Å². The van der Waals surface area contributed by atoms with E-state index in [4.69, 9.17) is 4.74 Å². The van der Waals surface area contributed by atoms with E-state index in [0.717, 1.165) is 36.6 Å². The lowest BCUT2D eigenvalue weighted by atomic mass is 10.1. The van der Waals surface area contributed by atoms with E-state index in [-0.39, 0.29) is 18.0 Å². The Bertz CT molecular complexity index is 726. The van der Waals surface area contributed by atoms with Crippen LogP contribution in [0.25, 0.3) is 0 Å². The van der Waals surface area contributed by atoms with Crippen molar-refractivity contribution in [1.29, 1.82) is 0 Å². The molecule has 1 saturated heterocycles. The number of nitrogens with zero attached hydrogens (tertiary/aromatic N) is 2. The summed E-state index contributed by atoms with van der Waals surface area (Å²) in [5.74, 6) is 0.203. The second-order valence-electron chi connectivity index (χ2n) is 7.23. The first-order valence-corrected chi connectivity index (χ1v) is 9.05. The molecule has 25 heavy (non-hydrogen) atoms. The first-order chi connectivity index (χ1) is 11.9. The minimum atomic E-state index is 0.182. The molecule has 3 rings (SSSR count). The molecule has 0 radical (unpaired) electrons. The normalized spacial score (nSPS) is 21.4. The SMILES string of the molecule is Cc1cc(C(=O)CN2C[C@@H](C)O[C@H](C)C2)c(C)n1Cc1ccccc1. The Kier molecular flexibility index (Phi) is 5.40. The van der Waals surface area contributed by atoms with Gasteiger partial charge in [-0.3, -0.25) is 9.69 Å². The summed E-state index contributed by atoms with van der Waals surface area (Å²) in [6, 6.07) is 12.4. The van der Waals surface area contributed by atoms with Crippen molar-refractivity contribution >= 4 is 5.78 Å². The van der Waals surface area contributed by atoms with E-state index in [2.05, 4.69) is 54.5 Å². The summed E-state index contributed by atoms with van der Waals surface area (Å²) in [6.07, 6.45) is 0.365. The fraction of sp³-hybridized carbons (Fsp3) is 0.476. The lowest BCUT2D eigenvalue weighted by molar-refractivity contribution is -0.0652. The van der Waals surface area contributed by atoms with Crippen molar-refractivity contribution in [1.82, 2.24) is 9.47 Å². The molecular weight excluding hydrogens is 312 g/mol. The van der Waals surface area contributed by atoms with Gasteiger partial charge in [0.15, 0.2) is 5.78 Å². The van der Waals surface area contributed by atoms with E-state index >= 15 is 0 Å². The summed E-state index contributed by atoms with van der Waals surface area (Å²) in [6.45, 7) is 11.2. The van der Waals surface area contributed by atoms with Crippen LogP contribution in [0.4, 0.5) is 0 Å². The molecule has 4 nitrogen and oxygen atoms in total. The van der Waals surface area contributed by atoms with E-state index < -0.39 is 0 Å².